The fourth-order valence-corrected chi connectivity index (χ4v) is 4.33. The van der Waals surface area contributed by atoms with Crippen molar-refractivity contribution in [2.75, 3.05) is 45.8 Å². The van der Waals surface area contributed by atoms with E-state index in [9.17, 15) is 14.0 Å². The number of amides is 2. The van der Waals surface area contributed by atoms with E-state index in [2.05, 4.69) is 11.8 Å². The first-order valence-electron chi connectivity index (χ1n) is 11.3. The van der Waals surface area contributed by atoms with Crippen molar-refractivity contribution in [2.45, 2.75) is 39.0 Å². The second-order valence-corrected chi connectivity index (χ2v) is 9.10. The molecule has 0 saturated carbocycles. The zero-order valence-corrected chi connectivity index (χ0v) is 19.1. The SMILES string of the molecule is CC1CCN(CCCCN2CCN(C(=O)C=Cc3ccc(F)c(Cl)c3)CCC2=O)CC1. The molecule has 31 heavy (non-hydrogen) atoms. The van der Waals surface area contributed by atoms with Crippen LogP contribution in [0.5, 0.6) is 0 Å². The molecule has 3 rings (SSSR count). The number of carbonyl (C=O) groups is 2. The van der Waals surface area contributed by atoms with E-state index in [1.54, 1.807) is 17.0 Å². The van der Waals surface area contributed by atoms with Crippen LogP contribution in [-0.4, -0.2) is 72.3 Å². The van der Waals surface area contributed by atoms with Crippen LogP contribution in [0.15, 0.2) is 24.3 Å². The van der Waals surface area contributed by atoms with E-state index in [-0.39, 0.29) is 16.8 Å². The molecular weight excluding hydrogens is 417 g/mol. The molecule has 5 nitrogen and oxygen atoms in total. The molecule has 0 N–H and O–H groups in total. The Morgan fingerprint density at radius 3 is 2.61 bits per heavy atom. The summed E-state index contributed by atoms with van der Waals surface area (Å²) >= 11 is 5.78. The molecule has 2 heterocycles. The summed E-state index contributed by atoms with van der Waals surface area (Å²) in [6.07, 6.45) is 8.11. The van der Waals surface area contributed by atoms with E-state index in [4.69, 9.17) is 11.6 Å². The van der Waals surface area contributed by atoms with Gasteiger partial charge in [-0.25, -0.2) is 4.39 Å². The van der Waals surface area contributed by atoms with Gasteiger partial charge in [-0.2, -0.15) is 0 Å². The maximum absolute atomic E-state index is 13.3. The van der Waals surface area contributed by atoms with Crippen molar-refractivity contribution < 1.29 is 14.0 Å². The maximum Gasteiger partial charge on any atom is 0.246 e. The molecular formula is C24H33ClFN3O2. The van der Waals surface area contributed by atoms with Crippen LogP contribution in [-0.2, 0) is 9.59 Å². The third kappa shape index (κ3) is 7.32. The molecule has 0 aliphatic carbocycles. The number of carbonyl (C=O) groups excluding carboxylic acids is 2. The number of benzene rings is 1. The molecule has 2 aliphatic rings. The highest BCUT2D eigenvalue weighted by Crippen LogP contribution is 2.18. The summed E-state index contributed by atoms with van der Waals surface area (Å²) in [5.74, 6) is 0.340. The van der Waals surface area contributed by atoms with Gasteiger partial charge < -0.3 is 14.7 Å². The summed E-state index contributed by atoms with van der Waals surface area (Å²) in [4.78, 5) is 31.2. The minimum absolute atomic E-state index is 0.0282. The van der Waals surface area contributed by atoms with Gasteiger partial charge in [-0.05, 0) is 75.0 Å². The van der Waals surface area contributed by atoms with Crippen molar-refractivity contribution in [3.05, 3.63) is 40.7 Å². The Hall–Kier alpha value is -1.92. The van der Waals surface area contributed by atoms with Gasteiger partial charge in [0.05, 0.1) is 5.02 Å². The summed E-state index contributed by atoms with van der Waals surface area (Å²) in [5.41, 5.74) is 0.662. The van der Waals surface area contributed by atoms with Crippen molar-refractivity contribution >= 4 is 29.5 Å². The van der Waals surface area contributed by atoms with Gasteiger partial charge in [0.25, 0.3) is 0 Å². The summed E-state index contributed by atoms with van der Waals surface area (Å²) in [7, 11) is 0. The fourth-order valence-electron chi connectivity index (χ4n) is 4.14. The smallest absolute Gasteiger partial charge is 0.246 e. The van der Waals surface area contributed by atoms with Crippen molar-refractivity contribution in [3.63, 3.8) is 0 Å². The van der Waals surface area contributed by atoms with Gasteiger partial charge in [-0.1, -0.05) is 24.6 Å². The number of rotatable bonds is 7. The molecule has 0 atom stereocenters. The second-order valence-electron chi connectivity index (χ2n) is 8.69. The van der Waals surface area contributed by atoms with Gasteiger partial charge in [-0.15, -0.1) is 0 Å². The van der Waals surface area contributed by atoms with Gasteiger partial charge in [0, 0.05) is 38.7 Å². The zero-order chi connectivity index (χ0) is 22.2. The minimum atomic E-state index is -0.484. The molecule has 2 amide bonds. The Morgan fingerprint density at radius 2 is 1.87 bits per heavy atom. The maximum atomic E-state index is 13.3. The molecule has 7 heteroatoms. The van der Waals surface area contributed by atoms with E-state index in [0.29, 0.717) is 31.6 Å². The number of halogens is 2. The lowest BCUT2D eigenvalue weighted by atomic mass is 9.99. The van der Waals surface area contributed by atoms with Crippen molar-refractivity contribution in [3.8, 4) is 0 Å². The monoisotopic (exact) mass is 449 g/mol. The number of likely N-dealkylation sites (tertiary alicyclic amines) is 1. The summed E-state index contributed by atoms with van der Waals surface area (Å²) in [5, 5.41) is 0.0282. The first kappa shape index (κ1) is 23.7. The third-order valence-electron chi connectivity index (χ3n) is 6.29. The fraction of sp³-hybridized carbons (Fsp3) is 0.583. The van der Waals surface area contributed by atoms with Gasteiger partial charge in [0.15, 0.2) is 0 Å². The predicted octanol–water partition coefficient (Wildman–Crippen LogP) is 4.07. The van der Waals surface area contributed by atoms with Crippen LogP contribution in [0.2, 0.25) is 5.02 Å². The van der Waals surface area contributed by atoms with Crippen molar-refractivity contribution in [1.29, 1.82) is 0 Å². The van der Waals surface area contributed by atoms with E-state index in [0.717, 1.165) is 31.8 Å². The Labute approximate surface area is 189 Å². The van der Waals surface area contributed by atoms with Gasteiger partial charge in [-0.3, -0.25) is 9.59 Å². The Bertz CT molecular complexity index is 793. The number of piperidine rings is 1. The minimum Gasteiger partial charge on any atom is -0.341 e. The lowest BCUT2D eigenvalue weighted by molar-refractivity contribution is -0.130. The molecule has 2 saturated heterocycles. The first-order valence-corrected chi connectivity index (χ1v) is 11.7. The number of nitrogens with zero attached hydrogens (tertiary/aromatic N) is 3. The molecule has 0 bridgehead atoms. The second kappa shape index (κ2) is 11.6. The molecule has 2 fully saturated rings. The molecule has 2 aliphatic heterocycles. The van der Waals surface area contributed by atoms with Crippen LogP contribution in [0.4, 0.5) is 4.39 Å². The lowest BCUT2D eigenvalue weighted by Gasteiger charge is -2.30. The Kier molecular flexibility index (Phi) is 8.90. The van der Waals surface area contributed by atoms with Crippen molar-refractivity contribution in [1.82, 2.24) is 14.7 Å². The van der Waals surface area contributed by atoms with Crippen LogP contribution in [0, 0.1) is 11.7 Å². The summed E-state index contributed by atoms with van der Waals surface area (Å²) in [6.45, 7) is 8.11. The molecule has 0 radical (unpaired) electrons. The average Bonchev–Trinajstić information content (AvgIpc) is 2.95. The average molecular weight is 450 g/mol. The van der Waals surface area contributed by atoms with E-state index in [1.807, 2.05) is 4.90 Å². The number of hydrogen-bond donors (Lipinski definition) is 0. The highest BCUT2D eigenvalue weighted by Gasteiger charge is 2.22. The summed E-state index contributed by atoms with van der Waals surface area (Å²) < 4.78 is 13.3. The molecule has 1 aromatic carbocycles. The summed E-state index contributed by atoms with van der Waals surface area (Å²) in [6, 6.07) is 4.34. The van der Waals surface area contributed by atoms with Gasteiger partial charge in [0.1, 0.15) is 5.82 Å². The molecule has 170 valence electrons. The lowest BCUT2D eigenvalue weighted by Crippen LogP contribution is -2.36. The van der Waals surface area contributed by atoms with Crippen LogP contribution >= 0.6 is 11.6 Å². The standard InChI is InChI=1S/C24H33ClFN3O2/c1-19-8-13-27(14-9-19)11-2-3-12-28-16-17-29(15-10-24(28)31)23(30)7-5-20-4-6-22(26)21(25)18-20/h4-7,18-19H,2-3,8-17H2,1H3. The van der Waals surface area contributed by atoms with Crippen LogP contribution in [0.25, 0.3) is 6.08 Å². The van der Waals surface area contributed by atoms with E-state index in [1.165, 1.54) is 44.1 Å². The normalized spacial score (nSPS) is 19.3. The van der Waals surface area contributed by atoms with Crippen LogP contribution in [0.3, 0.4) is 0 Å². The molecule has 0 unspecified atom stereocenters. The zero-order valence-electron chi connectivity index (χ0n) is 18.4. The Balaban J connectivity index is 1.41. The highest BCUT2D eigenvalue weighted by molar-refractivity contribution is 6.30. The largest absolute Gasteiger partial charge is 0.341 e. The third-order valence-corrected chi connectivity index (χ3v) is 6.58. The van der Waals surface area contributed by atoms with Crippen LogP contribution < -0.4 is 0 Å². The topological polar surface area (TPSA) is 43.9 Å². The van der Waals surface area contributed by atoms with Crippen LogP contribution in [0.1, 0.15) is 44.6 Å². The number of hydrogen-bond acceptors (Lipinski definition) is 3. The van der Waals surface area contributed by atoms with Gasteiger partial charge in [0.2, 0.25) is 11.8 Å². The molecule has 0 aromatic heterocycles. The quantitative estimate of drug-likeness (QED) is 0.465. The highest BCUT2D eigenvalue weighted by atomic mass is 35.5. The Morgan fingerprint density at radius 1 is 1.13 bits per heavy atom. The van der Waals surface area contributed by atoms with Gasteiger partial charge >= 0.3 is 0 Å². The molecule has 0 spiro atoms. The van der Waals surface area contributed by atoms with E-state index >= 15 is 0 Å². The first-order chi connectivity index (χ1) is 14.9. The molecule has 1 aromatic rings. The predicted molar refractivity (Wildman–Crippen MR) is 122 cm³/mol. The van der Waals surface area contributed by atoms with E-state index < -0.39 is 5.82 Å². The van der Waals surface area contributed by atoms with Crippen molar-refractivity contribution in [2.24, 2.45) is 5.92 Å². The number of unbranched alkanes of at least 4 members (excludes halogenated alkanes) is 1.